The number of hydrogen-bond acceptors (Lipinski definition) is 3. The number of hydrogen-bond donors (Lipinski definition) is 1. The standard InChI is InChI=1S/C12H17NO3S/c1-9(11-7-5-4-6-8-11)13-12(14)10(2)17(3,15)16/h4-10H,1-3H3,(H,13,14)/t9-,10-/m1/s1. The number of sulfone groups is 1. The van der Waals surface area contributed by atoms with Crippen LogP contribution >= 0.6 is 0 Å². The fourth-order valence-corrected chi connectivity index (χ4v) is 1.81. The Bertz CT molecular complexity index is 482. The molecule has 1 N–H and O–H groups in total. The van der Waals surface area contributed by atoms with Crippen LogP contribution in [-0.4, -0.2) is 25.8 Å². The highest BCUT2D eigenvalue weighted by atomic mass is 32.2. The zero-order chi connectivity index (χ0) is 13.1. The molecule has 0 aliphatic heterocycles. The van der Waals surface area contributed by atoms with Crippen LogP contribution in [0.2, 0.25) is 0 Å². The smallest absolute Gasteiger partial charge is 0.238 e. The van der Waals surface area contributed by atoms with Crippen LogP contribution in [0.5, 0.6) is 0 Å². The van der Waals surface area contributed by atoms with Crippen molar-refractivity contribution in [3.05, 3.63) is 35.9 Å². The lowest BCUT2D eigenvalue weighted by molar-refractivity contribution is -0.121. The highest BCUT2D eigenvalue weighted by Crippen LogP contribution is 2.12. The predicted octanol–water partition coefficient (Wildman–Crippen LogP) is 1.30. The number of carbonyl (C=O) groups excluding carboxylic acids is 1. The maximum absolute atomic E-state index is 11.7. The van der Waals surface area contributed by atoms with Gasteiger partial charge < -0.3 is 5.32 Å². The van der Waals surface area contributed by atoms with E-state index in [-0.39, 0.29) is 6.04 Å². The van der Waals surface area contributed by atoms with Gasteiger partial charge in [-0.05, 0) is 19.4 Å². The van der Waals surface area contributed by atoms with Gasteiger partial charge in [0.05, 0.1) is 6.04 Å². The Hall–Kier alpha value is -1.36. The molecule has 4 nitrogen and oxygen atoms in total. The largest absolute Gasteiger partial charge is 0.348 e. The van der Waals surface area contributed by atoms with Gasteiger partial charge in [0.15, 0.2) is 9.84 Å². The van der Waals surface area contributed by atoms with E-state index in [1.807, 2.05) is 37.3 Å². The van der Waals surface area contributed by atoms with Crippen LogP contribution in [0.3, 0.4) is 0 Å². The normalized spacial score (nSPS) is 15.0. The van der Waals surface area contributed by atoms with E-state index < -0.39 is 21.0 Å². The summed E-state index contributed by atoms with van der Waals surface area (Å²) in [5, 5.41) is 1.66. The molecular formula is C12H17NO3S. The summed E-state index contributed by atoms with van der Waals surface area (Å²) in [6.07, 6.45) is 1.06. The maximum Gasteiger partial charge on any atom is 0.238 e. The Balaban J connectivity index is 2.71. The van der Waals surface area contributed by atoms with Crippen molar-refractivity contribution in [3.8, 4) is 0 Å². The monoisotopic (exact) mass is 255 g/mol. The Morgan fingerprint density at radius 2 is 1.71 bits per heavy atom. The van der Waals surface area contributed by atoms with Crippen LogP contribution in [0.4, 0.5) is 0 Å². The molecular weight excluding hydrogens is 238 g/mol. The van der Waals surface area contributed by atoms with Gasteiger partial charge in [0.25, 0.3) is 0 Å². The summed E-state index contributed by atoms with van der Waals surface area (Å²) in [5.74, 6) is -0.469. The van der Waals surface area contributed by atoms with Gasteiger partial charge in [-0.25, -0.2) is 8.42 Å². The number of nitrogens with one attached hydrogen (secondary N) is 1. The van der Waals surface area contributed by atoms with Crippen LogP contribution in [0.25, 0.3) is 0 Å². The molecule has 0 aromatic heterocycles. The van der Waals surface area contributed by atoms with Gasteiger partial charge in [-0.15, -0.1) is 0 Å². The third-order valence-corrected chi connectivity index (χ3v) is 4.17. The number of amides is 1. The highest BCUT2D eigenvalue weighted by molar-refractivity contribution is 7.92. The highest BCUT2D eigenvalue weighted by Gasteiger charge is 2.24. The number of benzene rings is 1. The third kappa shape index (κ3) is 3.85. The van der Waals surface area contributed by atoms with Gasteiger partial charge >= 0.3 is 0 Å². The molecule has 1 aromatic rings. The van der Waals surface area contributed by atoms with E-state index >= 15 is 0 Å². The molecule has 0 saturated heterocycles. The van der Waals surface area contributed by atoms with E-state index in [1.54, 1.807) is 0 Å². The maximum atomic E-state index is 11.7. The molecule has 0 aliphatic carbocycles. The second kappa shape index (κ2) is 5.31. The van der Waals surface area contributed by atoms with Crippen molar-refractivity contribution in [3.63, 3.8) is 0 Å². The van der Waals surface area contributed by atoms with Crippen LogP contribution < -0.4 is 5.32 Å². The molecule has 0 radical (unpaired) electrons. The molecule has 0 saturated carbocycles. The summed E-state index contributed by atoms with van der Waals surface area (Å²) < 4.78 is 22.5. The summed E-state index contributed by atoms with van der Waals surface area (Å²) in [4.78, 5) is 11.7. The Labute approximate surface area is 102 Å². The van der Waals surface area contributed by atoms with E-state index in [0.29, 0.717) is 0 Å². The van der Waals surface area contributed by atoms with Gasteiger partial charge in [-0.1, -0.05) is 30.3 Å². The van der Waals surface area contributed by atoms with Gasteiger partial charge in [0.2, 0.25) is 5.91 Å². The van der Waals surface area contributed by atoms with Gasteiger partial charge in [0, 0.05) is 6.26 Å². The Morgan fingerprint density at radius 3 is 2.18 bits per heavy atom. The first-order valence-electron chi connectivity index (χ1n) is 5.36. The van der Waals surface area contributed by atoms with Gasteiger partial charge in [-0.2, -0.15) is 0 Å². The zero-order valence-electron chi connectivity index (χ0n) is 10.2. The van der Waals surface area contributed by atoms with Crippen molar-refractivity contribution in [1.82, 2.24) is 5.32 Å². The summed E-state index contributed by atoms with van der Waals surface area (Å²) in [6.45, 7) is 3.21. The molecule has 0 unspecified atom stereocenters. The van der Waals surface area contributed by atoms with E-state index in [1.165, 1.54) is 6.92 Å². The summed E-state index contributed by atoms with van der Waals surface area (Å²) in [7, 11) is -3.34. The predicted molar refractivity (Wildman–Crippen MR) is 67.3 cm³/mol. The first kappa shape index (κ1) is 13.7. The second-order valence-corrected chi connectivity index (χ2v) is 6.48. The van der Waals surface area contributed by atoms with Gasteiger partial charge in [0.1, 0.15) is 5.25 Å². The van der Waals surface area contributed by atoms with Crippen LogP contribution in [0.15, 0.2) is 30.3 Å². The quantitative estimate of drug-likeness (QED) is 0.882. The minimum atomic E-state index is -3.34. The van der Waals surface area contributed by atoms with Crippen molar-refractivity contribution >= 4 is 15.7 Å². The SMILES string of the molecule is C[C@H](C(=O)N[C@H](C)c1ccccc1)S(C)(=O)=O. The number of carbonyl (C=O) groups is 1. The first-order chi connectivity index (χ1) is 7.82. The first-order valence-corrected chi connectivity index (χ1v) is 7.32. The summed E-state index contributed by atoms with van der Waals surface area (Å²) in [6, 6.07) is 9.20. The molecule has 0 fully saturated rings. The van der Waals surface area contributed by atoms with Crippen molar-refractivity contribution in [2.24, 2.45) is 0 Å². The lowest BCUT2D eigenvalue weighted by Gasteiger charge is -2.16. The van der Waals surface area contributed by atoms with Crippen molar-refractivity contribution in [2.45, 2.75) is 25.1 Å². The third-order valence-electron chi connectivity index (χ3n) is 2.67. The van der Waals surface area contributed by atoms with Crippen molar-refractivity contribution < 1.29 is 13.2 Å². The molecule has 0 bridgehead atoms. The lowest BCUT2D eigenvalue weighted by Crippen LogP contribution is -2.38. The molecule has 1 amide bonds. The zero-order valence-corrected chi connectivity index (χ0v) is 11.0. The van der Waals surface area contributed by atoms with Crippen molar-refractivity contribution in [1.29, 1.82) is 0 Å². The average molecular weight is 255 g/mol. The topological polar surface area (TPSA) is 63.2 Å². The molecule has 94 valence electrons. The molecule has 0 aliphatic rings. The van der Waals surface area contributed by atoms with Crippen molar-refractivity contribution in [2.75, 3.05) is 6.26 Å². The molecule has 0 spiro atoms. The fraction of sp³-hybridized carbons (Fsp3) is 0.417. The minimum absolute atomic E-state index is 0.201. The molecule has 2 atom stereocenters. The summed E-state index contributed by atoms with van der Waals surface area (Å²) >= 11 is 0. The number of rotatable bonds is 4. The molecule has 5 heteroatoms. The van der Waals surface area contributed by atoms with E-state index in [9.17, 15) is 13.2 Å². The fourth-order valence-electron chi connectivity index (χ4n) is 1.35. The molecule has 1 aromatic carbocycles. The second-order valence-electron chi connectivity index (χ2n) is 4.11. The molecule has 1 rings (SSSR count). The lowest BCUT2D eigenvalue weighted by atomic mass is 10.1. The Morgan fingerprint density at radius 1 is 1.18 bits per heavy atom. The summed E-state index contributed by atoms with van der Waals surface area (Å²) in [5.41, 5.74) is 0.946. The van der Waals surface area contributed by atoms with E-state index in [0.717, 1.165) is 11.8 Å². The minimum Gasteiger partial charge on any atom is -0.348 e. The van der Waals surface area contributed by atoms with E-state index in [4.69, 9.17) is 0 Å². The van der Waals surface area contributed by atoms with Gasteiger partial charge in [-0.3, -0.25) is 4.79 Å². The molecule has 0 heterocycles. The Kier molecular flexibility index (Phi) is 4.28. The van der Waals surface area contributed by atoms with Crippen LogP contribution in [0, 0.1) is 0 Å². The average Bonchev–Trinajstić information content (AvgIpc) is 2.27. The van der Waals surface area contributed by atoms with Crippen LogP contribution in [-0.2, 0) is 14.6 Å². The molecule has 17 heavy (non-hydrogen) atoms. The van der Waals surface area contributed by atoms with E-state index in [2.05, 4.69) is 5.32 Å². The van der Waals surface area contributed by atoms with Crippen LogP contribution in [0.1, 0.15) is 25.5 Å².